The second-order valence-corrected chi connectivity index (χ2v) is 7.41. The highest BCUT2D eigenvalue weighted by molar-refractivity contribution is 8.00. The number of unbranched alkanes of at least 4 members (excludes halogenated alkanes) is 4. The van der Waals surface area contributed by atoms with E-state index in [0.717, 1.165) is 44.3 Å². The first-order valence-corrected chi connectivity index (χ1v) is 9.58. The van der Waals surface area contributed by atoms with Crippen molar-refractivity contribution in [2.24, 2.45) is 5.92 Å². The quantitative estimate of drug-likeness (QED) is 0.300. The molecule has 0 heterocycles. The van der Waals surface area contributed by atoms with Gasteiger partial charge in [-0.05, 0) is 37.4 Å². The average molecular weight is 339 g/mol. The molecule has 2 nitrogen and oxygen atoms in total. The van der Waals surface area contributed by atoms with Crippen LogP contribution >= 0.6 is 11.8 Å². The number of carbonyl (C=O) groups excluding carboxylic acids is 1. The molecule has 0 radical (unpaired) electrons. The van der Waals surface area contributed by atoms with Crippen LogP contribution in [0.25, 0.3) is 0 Å². The number of thioether (sulfide) groups is 1. The van der Waals surface area contributed by atoms with Gasteiger partial charge in [-0.1, -0.05) is 40.0 Å². The predicted molar refractivity (Wildman–Crippen MR) is 90.7 cm³/mol. The highest BCUT2D eigenvalue weighted by Gasteiger charge is 2.21. The number of hydrogen-bond acceptors (Lipinski definition) is 3. The van der Waals surface area contributed by atoms with E-state index in [0.29, 0.717) is 18.9 Å². The minimum Gasteiger partial charge on any atom is -0.465 e. The van der Waals surface area contributed by atoms with Crippen molar-refractivity contribution in [3.8, 4) is 0 Å². The van der Waals surface area contributed by atoms with Crippen LogP contribution < -0.4 is 0 Å². The Balaban J connectivity index is 3.86. The van der Waals surface area contributed by atoms with Gasteiger partial charge in [0.2, 0.25) is 6.43 Å². The normalized spacial score (nSPS) is 12.9. The Kier molecular flexibility index (Phi) is 14.1. The van der Waals surface area contributed by atoms with Gasteiger partial charge in [0.1, 0.15) is 5.25 Å². The van der Waals surface area contributed by atoms with Crippen molar-refractivity contribution in [3.05, 3.63) is 0 Å². The highest BCUT2D eigenvalue weighted by Crippen LogP contribution is 2.23. The first-order chi connectivity index (χ1) is 10.5. The third-order valence-electron chi connectivity index (χ3n) is 3.33. The molecule has 0 amide bonds. The van der Waals surface area contributed by atoms with E-state index in [-0.39, 0.29) is 17.6 Å². The first kappa shape index (κ1) is 21.7. The van der Waals surface area contributed by atoms with Gasteiger partial charge in [-0.25, -0.2) is 8.78 Å². The fourth-order valence-electron chi connectivity index (χ4n) is 2.05. The minimum atomic E-state index is -2.18. The topological polar surface area (TPSA) is 26.3 Å². The van der Waals surface area contributed by atoms with Gasteiger partial charge in [0.25, 0.3) is 0 Å². The minimum absolute atomic E-state index is 0.00682. The summed E-state index contributed by atoms with van der Waals surface area (Å²) in [4.78, 5) is 12.1. The molecule has 1 unspecified atom stereocenters. The van der Waals surface area contributed by atoms with Crippen molar-refractivity contribution in [1.82, 2.24) is 0 Å². The Hall–Kier alpha value is -0.320. The van der Waals surface area contributed by atoms with E-state index in [4.69, 9.17) is 4.74 Å². The van der Waals surface area contributed by atoms with Gasteiger partial charge in [0.15, 0.2) is 0 Å². The van der Waals surface area contributed by atoms with Crippen LogP contribution in [0.1, 0.15) is 72.1 Å². The van der Waals surface area contributed by atoms with Crippen LogP contribution in [0.3, 0.4) is 0 Å². The number of carbonyl (C=O) groups is 1. The van der Waals surface area contributed by atoms with E-state index in [1.165, 1.54) is 0 Å². The zero-order valence-corrected chi connectivity index (χ0v) is 15.1. The molecule has 0 saturated heterocycles. The Bertz CT molecular complexity index is 273. The molecule has 5 heteroatoms. The Morgan fingerprint density at radius 3 is 2.36 bits per heavy atom. The van der Waals surface area contributed by atoms with Crippen molar-refractivity contribution in [3.63, 3.8) is 0 Å². The van der Waals surface area contributed by atoms with Crippen LogP contribution in [0.15, 0.2) is 0 Å². The van der Waals surface area contributed by atoms with Crippen LogP contribution in [-0.2, 0) is 9.53 Å². The van der Waals surface area contributed by atoms with E-state index < -0.39 is 6.43 Å². The van der Waals surface area contributed by atoms with Crippen molar-refractivity contribution >= 4 is 17.7 Å². The van der Waals surface area contributed by atoms with Gasteiger partial charge < -0.3 is 4.74 Å². The Labute approximate surface area is 138 Å². The SMILES string of the molecule is CCCCOC(=O)C(CC(C)C)SCCCCCCC(F)F. The van der Waals surface area contributed by atoms with Gasteiger partial charge in [-0.3, -0.25) is 4.79 Å². The lowest BCUT2D eigenvalue weighted by Crippen LogP contribution is -2.23. The number of esters is 1. The number of hydrogen-bond donors (Lipinski definition) is 0. The molecule has 0 fully saturated rings. The lowest BCUT2D eigenvalue weighted by atomic mass is 10.1. The van der Waals surface area contributed by atoms with Gasteiger partial charge >= 0.3 is 5.97 Å². The monoisotopic (exact) mass is 338 g/mol. The molecule has 0 spiro atoms. The molecule has 0 aromatic carbocycles. The maximum absolute atomic E-state index is 12.1. The van der Waals surface area contributed by atoms with Gasteiger partial charge in [-0.15, -0.1) is 11.8 Å². The molecule has 0 rings (SSSR count). The zero-order chi connectivity index (χ0) is 16.8. The summed E-state index contributed by atoms with van der Waals surface area (Å²) in [7, 11) is 0. The van der Waals surface area contributed by atoms with Crippen LogP contribution in [0.4, 0.5) is 8.78 Å². The van der Waals surface area contributed by atoms with Gasteiger partial charge in [0, 0.05) is 6.42 Å². The molecule has 0 bridgehead atoms. The maximum atomic E-state index is 12.1. The molecule has 0 saturated carbocycles. The van der Waals surface area contributed by atoms with Gasteiger partial charge in [0.05, 0.1) is 6.61 Å². The standard InChI is InChI=1S/C17H32F2O2S/c1-4-5-11-21-17(20)15(13-14(2)3)22-12-9-7-6-8-10-16(18)19/h14-16H,4-13H2,1-3H3. The summed E-state index contributed by atoms with van der Waals surface area (Å²) in [6.45, 7) is 6.80. The van der Waals surface area contributed by atoms with Crippen molar-refractivity contribution in [2.45, 2.75) is 83.8 Å². The van der Waals surface area contributed by atoms with Crippen LogP contribution in [-0.4, -0.2) is 30.0 Å². The maximum Gasteiger partial charge on any atom is 0.319 e. The summed E-state index contributed by atoms with van der Waals surface area (Å²) >= 11 is 1.66. The number of rotatable bonds is 14. The van der Waals surface area contributed by atoms with Crippen molar-refractivity contribution in [1.29, 1.82) is 0 Å². The van der Waals surface area contributed by atoms with Crippen LogP contribution in [0.2, 0.25) is 0 Å². The molecule has 0 aliphatic heterocycles. The summed E-state index contributed by atoms with van der Waals surface area (Å²) in [6, 6.07) is 0. The summed E-state index contributed by atoms with van der Waals surface area (Å²) in [5, 5.41) is -0.0853. The van der Waals surface area contributed by atoms with Crippen LogP contribution in [0.5, 0.6) is 0 Å². The molecule has 132 valence electrons. The molecule has 22 heavy (non-hydrogen) atoms. The number of ether oxygens (including phenoxy) is 1. The molecule has 0 aromatic rings. The lowest BCUT2D eigenvalue weighted by Gasteiger charge is -2.17. The smallest absolute Gasteiger partial charge is 0.319 e. The fourth-order valence-corrected chi connectivity index (χ4v) is 3.43. The molecular weight excluding hydrogens is 306 g/mol. The second kappa shape index (κ2) is 14.3. The molecule has 0 aliphatic carbocycles. The second-order valence-electron chi connectivity index (χ2n) is 6.10. The third-order valence-corrected chi connectivity index (χ3v) is 4.64. The summed E-state index contributed by atoms with van der Waals surface area (Å²) < 4.78 is 29.3. The van der Waals surface area contributed by atoms with Crippen LogP contribution in [0, 0.1) is 5.92 Å². The molecule has 0 N–H and O–H groups in total. The van der Waals surface area contributed by atoms with Crippen molar-refractivity contribution in [2.75, 3.05) is 12.4 Å². The highest BCUT2D eigenvalue weighted by atomic mass is 32.2. The molecular formula is C17H32F2O2S. The average Bonchev–Trinajstić information content (AvgIpc) is 2.44. The summed E-state index contributed by atoms with van der Waals surface area (Å²) in [6.07, 6.45) is 3.97. The van der Waals surface area contributed by atoms with Crippen molar-refractivity contribution < 1.29 is 18.3 Å². The number of alkyl halides is 2. The summed E-state index contributed by atoms with van der Waals surface area (Å²) in [5.41, 5.74) is 0. The Morgan fingerprint density at radius 1 is 1.09 bits per heavy atom. The predicted octanol–water partition coefficient (Wildman–Crippen LogP) is 5.69. The first-order valence-electron chi connectivity index (χ1n) is 8.53. The lowest BCUT2D eigenvalue weighted by molar-refractivity contribution is -0.143. The van der Waals surface area contributed by atoms with E-state index in [2.05, 4.69) is 20.8 Å². The third kappa shape index (κ3) is 13.4. The van der Waals surface area contributed by atoms with E-state index in [1.807, 2.05) is 0 Å². The van der Waals surface area contributed by atoms with E-state index in [1.54, 1.807) is 11.8 Å². The Morgan fingerprint density at radius 2 is 1.77 bits per heavy atom. The molecule has 1 atom stereocenters. The largest absolute Gasteiger partial charge is 0.465 e. The fraction of sp³-hybridized carbons (Fsp3) is 0.941. The molecule has 0 aliphatic rings. The number of halogens is 2. The molecule has 0 aromatic heterocycles. The van der Waals surface area contributed by atoms with Gasteiger partial charge in [-0.2, -0.15) is 0 Å². The summed E-state index contributed by atoms with van der Waals surface area (Å²) in [5.74, 6) is 1.27. The van der Waals surface area contributed by atoms with E-state index >= 15 is 0 Å². The zero-order valence-electron chi connectivity index (χ0n) is 14.3. The van der Waals surface area contributed by atoms with E-state index in [9.17, 15) is 13.6 Å².